The van der Waals surface area contributed by atoms with Crippen molar-refractivity contribution in [2.45, 2.75) is 32.1 Å². The van der Waals surface area contributed by atoms with Crippen molar-refractivity contribution in [1.29, 1.82) is 0 Å². The number of likely N-dealkylation sites (tertiary alicyclic amines) is 1. The third-order valence-corrected chi connectivity index (χ3v) is 5.62. The van der Waals surface area contributed by atoms with Gasteiger partial charge in [0.1, 0.15) is 0 Å². The molecule has 2 saturated carbocycles. The monoisotopic (exact) mass is 295 g/mol. The van der Waals surface area contributed by atoms with Crippen molar-refractivity contribution in [3.63, 3.8) is 0 Å². The molecule has 0 aromatic heterocycles. The van der Waals surface area contributed by atoms with E-state index in [1.165, 1.54) is 38.9 Å². The van der Waals surface area contributed by atoms with Crippen LogP contribution in [-0.4, -0.2) is 30.3 Å². The van der Waals surface area contributed by atoms with E-state index < -0.39 is 0 Å². The Morgan fingerprint density at radius 1 is 1.05 bits per heavy atom. The highest BCUT2D eigenvalue weighted by atomic mass is 16.1. The Morgan fingerprint density at radius 3 is 2.64 bits per heavy atom. The number of nitrogens with zero attached hydrogens (tertiary/aromatic N) is 1. The van der Waals surface area contributed by atoms with Gasteiger partial charge in [0, 0.05) is 19.5 Å². The molecule has 0 bridgehead atoms. The lowest BCUT2D eigenvalue weighted by atomic mass is 9.72. The molecule has 1 heterocycles. The SMILES string of the molecule is O=C1CC2CCN(CC3CC3)CC2C/C1=C\c1ccccc1. The maximum atomic E-state index is 12.4. The third-order valence-electron chi connectivity index (χ3n) is 5.62. The van der Waals surface area contributed by atoms with Crippen LogP contribution in [0.2, 0.25) is 0 Å². The zero-order chi connectivity index (χ0) is 14.9. The van der Waals surface area contributed by atoms with Gasteiger partial charge in [-0.05, 0) is 67.2 Å². The topological polar surface area (TPSA) is 20.3 Å². The van der Waals surface area contributed by atoms with Crippen molar-refractivity contribution < 1.29 is 4.79 Å². The molecule has 0 radical (unpaired) electrons. The molecule has 2 aliphatic carbocycles. The number of carbonyl (C=O) groups is 1. The highest BCUT2D eigenvalue weighted by Crippen LogP contribution is 2.39. The summed E-state index contributed by atoms with van der Waals surface area (Å²) in [5, 5.41) is 0. The largest absolute Gasteiger partial charge is 0.303 e. The lowest BCUT2D eigenvalue weighted by molar-refractivity contribution is -0.119. The van der Waals surface area contributed by atoms with Gasteiger partial charge in [-0.25, -0.2) is 0 Å². The lowest BCUT2D eigenvalue weighted by Crippen LogP contribution is -2.44. The number of hydrogen-bond donors (Lipinski definition) is 0. The Bertz CT molecular complexity index is 573. The van der Waals surface area contributed by atoms with E-state index in [4.69, 9.17) is 0 Å². The van der Waals surface area contributed by atoms with Gasteiger partial charge in [-0.1, -0.05) is 30.3 Å². The molecule has 2 atom stereocenters. The van der Waals surface area contributed by atoms with Gasteiger partial charge in [-0.3, -0.25) is 4.79 Å². The van der Waals surface area contributed by atoms with Crippen LogP contribution in [0.1, 0.15) is 37.7 Å². The number of rotatable bonds is 3. The number of benzene rings is 1. The number of piperidine rings is 1. The first-order valence-electron chi connectivity index (χ1n) is 8.79. The second-order valence-electron chi connectivity index (χ2n) is 7.42. The molecule has 2 unspecified atom stereocenters. The van der Waals surface area contributed by atoms with Crippen LogP contribution >= 0.6 is 0 Å². The Hall–Kier alpha value is -1.41. The molecule has 116 valence electrons. The quantitative estimate of drug-likeness (QED) is 0.791. The van der Waals surface area contributed by atoms with Crippen LogP contribution in [0.4, 0.5) is 0 Å². The first-order valence-corrected chi connectivity index (χ1v) is 8.79. The second-order valence-corrected chi connectivity index (χ2v) is 7.42. The van der Waals surface area contributed by atoms with Crippen molar-refractivity contribution >= 4 is 11.9 Å². The third kappa shape index (κ3) is 3.17. The predicted octanol–water partition coefficient (Wildman–Crippen LogP) is 3.78. The number of ketones is 1. The van der Waals surface area contributed by atoms with Crippen LogP contribution in [0.25, 0.3) is 6.08 Å². The zero-order valence-electron chi connectivity index (χ0n) is 13.2. The molecule has 0 spiro atoms. The number of hydrogen-bond acceptors (Lipinski definition) is 2. The Balaban J connectivity index is 1.46. The molecule has 3 fully saturated rings. The Kier molecular flexibility index (Phi) is 3.87. The molecule has 3 aliphatic rings. The summed E-state index contributed by atoms with van der Waals surface area (Å²) >= 11 is 0. The minimum atomic E-state index is 0.390. The summed E-state index contributed by atoms with van der Waals surface area (Å²) in [5.74, 6) is 2.69. The normalized spacial score (nSPS) is 31.3. The molecule has 2 nitrogen and oxygen atoms in total. The number of carbonyl (C=O) groups excluding carboxylic acids is 1. The average molecular weight is 295 g/mol. The molecule has 0 amide bonds. The second kappa shape index (κ2) is 6.00. The van der Waals surface area contributed by atoms with Gasteiger partial charge < -0.3 is 4.90 Å². The van der Waals surface area contributed by atoms with E-state index in [1.807, 2.05) is 18.2 Å². The molecule has 1 aromatic rings. The van der Waals surface area contributed by atoms with E-state index >= 15 is 0 Å². The van der Waals surface area contributed by atoms with E-state index in [0.717, 1.165) is 29.9 Å². The van der Waals surface area contributed by atoms with Gasteiger partial charge in [-0.15, -0.1) is 0 Å². The van der Waals surface area contributed by atoms with Crippen LogP contribution in [0.5, 0.6) is 0 Å². The fourth-order valence-electron chi connectivity index (χ4n) is 4.14. The fraction of sp³-hybridized carbons (Fsp3) is 0.550. The summed E-state index contributed by atoms with van der Waals surface area (Å²) in [6.45, 7) is 3.72. The number of allylic oxidation sites excluding steroid dienone is 1. The van der Waals surface area contributed by atoms with E-state index in [0.29, 0.717) is 17.6 Å². The van der Waals surface area contributed by atoms with Crippen LogP contribution < -0.4 is 0 Å². The van der Waals surface area contributed by atoms with Crippen molar-refractivity contribution in [2.24, 2.45) is 17.8 Å². The summed E-state index contributed by atoms with van der Waals surface area (Å²) in [4.78, 5) is 15.1. The average Bonchev–Trinajstić information content (AvgIpc) is 3.33. The van der Waals surface area contributed by atoms with Gasteiger partial charge in [0.2, 0.25) is 0 Å². The van der Waals surface area contributed by atoms with Crippen molar-refractivity contribution in [1.82, 2.24) is 4.90 Å². The first-order chi connectivity index (χ1) is 10.8. The van der Waals surface area contributed by atoms with Crippen LogP contribution in [-0.2, 0) is 4.79 Å². The number of fused-ring (bicyclic) bond motifs is 1. The maximum Gasteiger partial charge on any atom is 0.159 e. The van der Waals surface area contributed by atoms with Gasteiger partial charge >= 0.3 is 0 Å². The van der Waals surface area contributed by atoms with E-state index in [2.05, 4.69) is 23.1 Å². The molecular formula is C20H25NO. The number of Topliss-reactive ketones (excluding diaryl/α,β-unsaturated/α-hetero) is 1. The highest BCUT2D eigenvalue weighted by Gasteiger charge is 2.37. The standard InChI is InChI=1S/C20H25NO/c22-20-12-17-8-9-21(13-16-6-7-16)14-19(17)11-18(20)10-15-4-2-1-3-5-15/h1-5,10,16-17,19H,6-9,11-14H2/b18-10+. The fourth-order valence-corrected chi connectivity index (χ4v) is 4.14. The van der Waals surface area contributed by atoms with Gasteiger partial charge in [0.05, 0.1) is 0 Å². The van der Waals surface area contributed by atoms with Crippen LogP contribution in [0.3, 0.4) is 0 Å². The van der Waals surface area contributed by atoms with E-state index in [-0.39, 0.29) is 0 Å². The minimum Gasteiger partial charge on any atom is -0.303 e. The molecule has 4 rings (SSSR count). The van der Waals surface area contributed by atoms with Crippen molar-refractivity contribution in [3.8, 4) is 0 Å². The zero-order valence-corrected chi connectivity index (χ0v) is 13.2. The molecule has 1 aromatic carbocycles. The summed E-state index contributed by atoms with van der Waals surface area (Å²) in [7, 11) is 0. The summed E-state index contributed by atoms with van der Waals surface area (Å²) in [6, 6.07) is 10.3. The molecule has 22 heavy (non-hydrogen) atoms. The predicted molar refractivity (Wildman–Crippen MR) is 89.4 cm³/mol. The summed E-state index contributed by atoms with van der Waals surface area (Å²) in [6.07, 6.45) is 7.98. The smallest absolute Gasteiger partial charge is 0.159 e. The summed E-state index contributed by atoms with van der Waals surface area (Å²) in [5.41, 5.74) is 2.22. The molecule has 2 heteroatoms. The van der Waals surface area contributed by atoms with Gasteiger partial charge in [-0.2, -0.15) is 0 Å². The van der Waals surface area contributed by atoms with Crippen molar-refractivity contribution in [2.75, 3.05) is 19.6 Å². The summed E-state index contributed by atoms with van der Waals surface area (Å²) < 4.78 is 0. The van der Waals surface area contributed by atoms with Crippen molar-refractivity contribution in [3.05, 3.63) is 41.5 Å². The highest BCUT2D eigenvalue weighted by molar-refractivity contribution is 6.00. The molecule has 1 aliphatic heterocycles. The first kappa shape index (κ1) is 14.2. The maximum absolute atomic E-state index is 12.4. The molecular weight excluding hydrogens is 270 g/mol. The molecule has 0 N–H and O–H groups in total. The van der Waals surface area contributed by atoms with Gasteiger partial charge in [0.15, 0.2) is 5.78 Å². The minimum absolute atomic E-state index is 0.390. The molecule has 1 saturated heterocycles. The van der Waals surface area contributed by atoms with E-state index in [9.17, 15) is 4.79 Å². The Labute approximate surface area is 133 Å². The Morgan fingerprint density at radius 2 is 1.86 bits per heavy atom. The van der Waals surface area contributed by atoms with E-state index in [1.54, 1.807) is 0 Å². The van der Waals surface area contributed by atoms with Crippen LogP contribution in [0.15, 0.2) is 35.9 Å². The van der Waals surface area contributed by atoms with Gasteiger partial charge in [0.25, 0.3) is 0 Å². The van der Waals surface area contributed by atoms with Crippen LogP contribution in [0, 0.1) is 17.8 Å². The lowest BCUT2D eigenvalue weighted by Gasteiger charge is -2.41.